The Kier molecular flexibility index (Phi) is 3.92. The van der Waals surface area contributed by atoms with Crippen LogP contribution in [0.5, 0.6) is 0 Å². The van der Waals surface area contributed by atoms with Gasteiger partial charge < -0.3 is 5.32 Å². The van der Waals surface area contributed by atoms with Crippen LogP contribution in [0.1, 0.15) is 29.3 Å². The fourth-order valence-corrected chi connectivity index (χ4v) is 1.22. The van der Waals surface area contributed by atoms with Crippen molar-refractivity contribution >= 4 is 12.0 Å². The predicted molar refractivity (Wildman–Crippen MR) is 59.2 cm³/mol. The number of nitrogens with one attached hydrogen (secondary N) is 1. The first-order valence-electron chi connectivity index (χ1n) is 4.79. The first-order valence-corrected chi connectivity index (χ1v) is 4.79. The van der Waals surface area contributed by atoms with E-state index in [1.807, 2.05) is 31.2 Å². The van der Waals surface area contributed by atoms with E-state index in [9.17, 15) is 4.79 Å². The molecule has 0 aromatic heterocycles. The van der Waals surface area contributed by atoms with Crippen molar-refractivity contribution in [1.82, 2.24) is 5.32 Å². The molecule has 0 atom stereocenters. The third-order valence-corrected chi connectivity index (χ3v) is 1.96. The minimum Gasteiger partial charge on any atom is -0.352 e. The molecule has 0 fully saturated rings. The van der Waals surface area contributed by atoms with Gasteiger partial charge in [-0.1, -0.05) is 37.8 Å². The molecule has 1 aromatic carbocycles. The van der Waals surface area contributed by atoms with Crippen LogP contribution in [0.3, 0.4) is 0 Å². The molecule has 0 heterocycles. The molecule has 2 nitrogen and oxygen atoms in total. The minimum absolute atomic E-state index is 0.0256. The quantitative estimate of drug-likeness (QED) is 0.774. The van der Waals surface area contributed by atoms with Crippen LogP contribution in [0.15, 0.2) is 30.8 Å². The molecule has 14 heavy (non-hydrogen) atoms. The van der Waals surface area contributed by atoms with Gasteiger partial charge in [0.25, 0.3) is 5.91 Å². The number of carbonyl (C=O) groups excluding carboxylic acids is 1. The van der Waals surface area contributed by atoms with Crippen LogP contribution in [0.4, 0.5) is 0 Å². The van der Waals surface area contributed by atoms with Crippen molar-refractivity contribution in [2.45, 2.75) is 13.3 Å². The van der Waals surface area contributed by atoms with Gasteiger partial charge in [-0.05, 0) is 18.1 Å². The first-order chi connectivity index (χ1) is 6.79. The lowest BCUT2D eigenvalue weighted by Gasteiger charge is -2.05. The molecule has 0 aliphatic rings. The van der Waals surface area contributed by atoms with Crippen LogP contribution in [-0.4, -0.2) is 12.5 Å². The van der Waals surface area contributed by atoms with E-state index >= 15 is 0 Å². The lowest BCUT2D eigenvalue weighted by molar-refractivity contribution is 0.0953. The zero-order valence-corrected chi connectivity index (χ0v) is 8.42. The van der Waals surface area contributed by atoms with Gasteiger partial charge in [0, 0.05) is 12.1 Å². The van der Waals surface area contributed by atoms with Crippen molar-refractivity contribution < 1.29 is 4.79 Å². The highest BCUT2D eigenvalue weighted by Crippen LogP contribution is 2.09. The van der Waals surface area contributed by atoms with Crippen molar-refractivity contribution in [3.63, 3.8) is 0 Å². The van der Waals surface area contributed by atoms with Gasteiger partial charge in [-0.2, -0.15) is 0 Å². The zero-order chi connectivity index (χ0) is 10.4. The molecular formula is C12H15NO. The summed E-state index contributed by atoms with van der Waals surface area (Å²) in [6.07, 6.45) is 2.64. The summed E-state index contributed by atoms with van der Waals surface area (Å²) in [4.78, 5) is 11.6. The normalized spacial score (nSPS) is 9.50. The maximum absolute atomic E-state index is 11.6. The molecule has 1 N–H and O–H groups in total. The largest absolute Gasteiger partial charge is 0.352 e. The van der Waals surface area contributed by atoms with Gasteiger partial charge in [-0.15, -0.1) is 0 Å². The van der Waals surface area contributed by atoms with Gasteiger partial charge in [-0.3, -0.25) is 4.79 Å². The Hall–Kier alpha value is -1.57. The highest BCUT2D eigenvalue weighted by molar-refractivity contribution is 5.97. The lowest BCUT2D eigenvalue weighted by atomic mass is 10.1. The van der Waals surface area contributed by atoms with Gasteiger partial charge >= 0.3 is 0 Å². The summed E-state index contributed by atoms with van der Waals surface area (Å²) in [6, 6.07) is 7.44. The Labute approximate surface area is 84.6 Å². The number of hydrogen-bond donors (Lipinski definition) is 1. The van der Waals surface area contributed by atoms with Crippen LogP contribution in [0, 0.1) is 0 Å². The molecule has 1 amide bonds. The maximum atomic E-state index is 11.6. The number of carbonyl (C=O) groups is 1. The zero-order valence-electron chi connectivity index (χ0n) is 8.42. The fraction of sp³-hybridized carbons (Fsp3) is 0.250. The Morgan fingerprint density at radius 2 is 2.21 bits per heavy atom. The highest BCUT2D eigenvalue weighted by atomic mass is 16.1. The number of hydrogen-bond acceptors (Lipinski definition) is 1. The number of amides is 1. The Bertz CT molecular complexity index is 331. The second-order valence-electron chi connectivity index (χ2n) is 3.05. The van der Waals surface area contributed by atoms with Gasteiger partial charge in [0.2, 0.25) is 0 Å². The third-order valence-electron chi connectivity index (χ3n) is 1.96. The van der Waals surface area contributed by atoms with E-state index in [2.05, 4.69) is 11.9 Å². The smallest absolute Gasteiger partial charge is 0.251 e. The second-order valence-corrected chi connectivity index (χ2v) is 3.05. The molecule has 74 valence electrons. The first kappa shape index (κ1) is 10.5. The molecule has 0 radical (unpaired) electrons. The summed E-state index contributed by atoms with van der Waals surface area (Å²) in [6.45, 7) is 6.41. The Morgan fingerprint density at radius 1 is 1.50 bits per heavy atom. The summed E-state index contributed by atoms with van der Waals surface area (Å²) >= 11 is 0. The van der Waals surface area contributed by atoms with Crippen molar-refractivity contribution in [3.05, 3.63) is 42.0 Å². The topological polar surface area (TPSA) is 29.1 Å². The Morgan fingerprint density at radius 3 is 2.86 bits per heavy atom. The molecule has 0 saturated carbocycles. The average molecular weight is 189 g/mol. The van der Waals surface area contributed by atoms with Crippen LogP contribution in [-0.2, 0) is 0 Å². The van der Waals surface area contributed by atoms with Gasteiger partial charge in [0.1, 0.15) is 0 Å². The fourth-order valence-electron chi connectivity index (χ4n) is 1.22. The molecule has 0 unspecified atom stereocenters. The number of benzene rings is 1. The maximum Gasteiger partial charge on any atom is 0.251 e. The molecule has 0 bridgehead atoms. The van der Waals surface area contributed by atoms with E-state index in [1.54, 1.807) is 6.08 Å². The Balaban J connectivity index is 2.83. The molecule has 0 aliphatic heterocycles. The van der Waals surface area contributed by atoms with Crippen molar-refractivity contribution in [2.75, 3.05) is 6.54 Å². The summed E-state index contributed by atoms with van der Waals surface area (Å²) < 4.78 is 0. The standard InChI is InChI=1S/C12H15NO/c1-3-9-13-12(14)11-8-6-5-7-10(11)4-2/h4-8H,2-3,9H2,1H3,(H,13,14). The van der Waals surface area contributed by atoms with E-state index in [-0.39, 0.29) is 5.91 Å². The monoisotopic (exact) mass is 189 g/mol. The number of rotatable bonds is 4. The van der Waals surface area contributed by atoms with E-state index in [4.69, 9.17) is 0 Å². The predicted octanol–water partition coefficient (Wildman–Crippen LogP) is 2.47. The SMILES string of the molecule is C=Cc1ccccc1C(=O)NCCC. The third kappa shape index (κ3) is 2.46. The van der Waals surface area contributed by atoms with E-state index in [1.165, 1.54) is 0 Å². The van der Waals surface area contributed by atoms with Crippen molar-refractivity contribution in [1.29, 1.82) is 0 Å². The molecule has 0 aliphatic carbocycles. The molecular weight excluding hydrogens is 174 g/mol. The van der Waals surface area contributed by atoms with Gasteiger partial charge in [-0.25, -0.2) is 0 Å². The van der Waals surface area contributed by atoms with E-state index < -0.39 is 0 Å². The highest BCUT2D eigenvalue weighted by Gasteiger charge is 2.06. The summed E-state index contributed by atoms with van der Waals surface area (Å²) in [5, 5.41) is 2.84. The van der Waals surface area contributed by atoms with Gasteiger partial charge in [0.15, 0.2) is 0 Å². The van der Waals surface area contributed by atoms with E-state index in [0.717, 1.165) is 12.0 Å². The summed E-state index contributed by atoms with van der Waals surface area (Å²) in [5.74, 6) is -0.0256. The van der Waals surface area contributed by atoms with Crippen LogP contribution in [0.25, 0.3) is 6.08 Å². The molecule has 2 heteroatoms. The van der Waals surface area contributed by atoms with E-state index in [0.29, 0.717) is 12.1 Å². The van der Waals surface area contributed by atoms with Crippen LogP contribution < -0.4 is 5.32 Å². The average Bonchev–Trinajstić information content (AvgIpc) is 2.25. The minimum atomic E-state index is -0.0256. The molecule has 0 spiro atoms. The lowest BCUT2D eigenvalue weighted by Crippen LogP contribution is -2.24. The molecule has 1 rings (SSSR count). The van der Waals surface area contributed by atoms with Crippen LogP contribution in [0.2, 0.25) is 0 Å². The molecule has 0 saturated heterocycles. The van der Waals surface area contributed by atoms with Crippen LogP contribution >= 0.6 is 0 Å². The summed E-state index contributed by atoms with van der Waals surface area (Å²) in [7, 11) is 0. The second kappa shape index (κ2) is 5.22. The van der Waals surface area contributed by atoms with Gasteiger partial charge in [0.05, 0.1) is 0 Å². The molecule has 1 aromatic rings. The van der Waals surface area contributed by atoms with Crippen molar-refractivity contribution in [2.24, 2.45) is 0 Å². The summed E-state index contributed by atoms with van der Waals surface area (Å²) in [5.41, 5.74) is 1.57. The van der Waals surface area contributed by atoms with Crippen molar-refractivity contribution in [3.8, 4) is 0 Å².